The van der Waals surface area contributed by atoms with E-state index in [1.165, 1.54) is 37.8 Å². The summed E-state index contributed by atoms with van der Waals surface area (Å²) in [6.07, 6.45) is 8.02. The quantitative estimate of drug-likeness (QED) is 0.840. The van der Waals surface area contributed by atoms with Crippen LogP contribution >= 0.6 is 0 Å². The van der Waals surface area contributed by atoms with Gasteiger partial charge in [-0.3, -0.25) is 4.68 Å². The van der Waals surface area contributed by atoms with Gasteiger partial charge in [-0.2, -0.15) is 5.10 Å². The fraction of sp³-hybridized carbons (Fsp3) is 0.824. The van der Waals surface area contributed by atoms with E-state index in [1.807, 2.05) is 11.7 Å². The van der Waals surface area contributed by atoms with Crippen molar-refractivity contribution in [2.45, 2.75) is 64.5 Å². The Morgan fingerprint density at radius 1 is 1.38 bits per heavy atom. The van der Waals surface area contributed by atoms with Gasteiger partial charge < -0.3 is 10.1 Å². The normalized spacial score (nSPS) is 19.6. The Balaban J connectivity index is 2.09. The fourth-order valence-corrected chi connectivity index (χ4v) is 3.70. The van der Waals surface area contributed by atoms with E-state index in [4.69, 9.17) is 4.74 Å². The maximum atomic E-state index is 6.16. The van der Waals surface area contributed by atoms with Gasteiger partial charge in [0.2, 0.25) is 0 Å². The zero-order valence-electron chi connectivity index (χ0n) is 14.1. The van der Waals surface area contributed by atoms with Crippen molar-refractivity contribution in [3.05, 3.63) is 17.5 Å². The zero-order chi connectivity index (χ0) is 15.2. The van der Waals surface area contributed by atoms with E-state index >= 15 is 0 Å². The Bertz CT molecular complexity index is 424. The molecule has 4 heteroatoms. The highest BCUT2D eigenvalue weighted by atomic mass is 16.5. The largest absolute Gasteiger partial charge is 0.377 e. The molecule has 2 rings (SSSR count). The number of nitrogens with zero attached hydrogens (tertiary/aromatic N) is 2. The van der Waals surface area contributed by atoms with Gasteiger partial charge >= 0.3 is 0 Å². The number of likely N-dealkylation sites (N-methyl/N-ethyl adjacent to an activating group) is 1. The summed E-state index contributed by atoms with van der Waals surface area (Å²) >= 11 is 0. The second-order valence-corrected chi connectivity index (χ2v) is 6.32. The third-order valence-electron chi connectivity index (χ3n) is 4.77. The molecular weight excluding hydrogens is 262 g/mol. The molecule has 2 atom stereocenters. The number of aromatic nitrogens is 2. The van der Waals surface area contributed by atoms with Gasteiger partial charge in [0.25, 0.3) is 0 Å². The minimum atomic E-state index is 0.315. The molecule has 0 aromatic carbocycles. The molecule has 0 bridgehead atoms. The number of aryl methyl sites for hydroxylation is 2. The molecule has 0 spiro atoms. The van der Waals surface area contributed by atoms with E-state index in [1.54, 1.807) is 0 Å². The van der Waals surface area contributed by atoms with Gasteiger partial charge in [-0.25, -0.2) is 0 Å². The van der Waals surface area contributed by atoms with E-state index in [-0.39, 0.29) is 0 Å². The van der Waals surface area contributed by atoms with Crippen molar-refractivity contribution in [2.75, 3.05) is 13.7 Å². The van der Waals surface area contributed by atoms with Gasteiger partial charge in [0.05, 0.1) is 11.8 Å². The fourth-order valence-electron chi connectivity index (χ4n) is 3.70. The van der Waals surface area contributed by atoms with E-state index in [9.17, 15) is 0 Å². The highest BCUT2D eigenvalue weighted by molar-refractivity contribution is 5.11. The van der Waals surface area contributed by atoms with Crippen molar-refractivity contribution in [3.63, 3.8) is 0 Å². The van der Waals surface area contributed by atoms with E-state index < -0.39 is 0 Å². The molecule has 1 saturated carbocycles. The Morgan fingerprint density at radius 3 is 2.62 bits per heavy atom. The molecule has 1 aliphatic rings. The molecule has 21 heavy (non-hydrogen) atoms. The third kappa shape index (κ3) is 4.30. The van der Waals surface area contributed by atoms with Crippen molar-refractivity contribution in [1.82, 2.24) is 15.1 Å². The van der Waals surface area contributed by atoms with E-state index in [0.717, 1.165) is 18.7 Å². The third-order valence-corrected chi connectivity index (χ3v) is 4.77. The Labute approximate surface area is 129 Å². The highest BCUT2D eigenvalue weighted by Crippen LogP contribution is 2.30. The van der Waals surface area contributed by atoms with Crippen molar-refractivity contribution in [3.8, 4) is 0 Å². The summed E-state index contributed by atoms with van der Waals surface area (Å²) in [4.78, 5) is 0. The summed E-state index contributed by atoms with van der Waals surface area (Å²) in [5.41, 5.74) is 2.38. The predicted octanol–water partition coefficient (Wildman–Crippen LogP) is 2.84. The maximum Gasteiger partial charge on any atom is 0.0759 e. The molecule has 0 amide bonds. The van der Waals surface area contributed by atoms with Gasteiger partial charge in [-0.1, -0.05) is 19.3 Å². The molecule has 4 nitrogen and oxygen atoms in total. The monoisotopic (exact) mass is 293 g/mol. The molecule has 1 heterocycles. The lowest BCUT2D eigenvalue weighted by atomic mass is 9.81. The molecule has 0 saturated heterocycles. The van der Waals surface area contributed by atoms with Crippen molar-refractivity contribution >= 4 is 0 Å². The van der Waals surface area contributed by atoms with Crippen LogP contribution in [0.5, 0.6) is 0 Å². The first kappa shape index (κ1) is 16.5. The summed E-state index contributed by atoms with van der Waals surface area (Å²) in [6.45, 7) is 4.96. The molecule has 1 N–H and O–H groups in total. The van der Waals surface area contributed by atoms with Crippen LogP contribution in [0, 0.1) is 12.8 Å². The Hall–Kier alpha value is -0.870. The van der Waals surface area contributed by atoms with Gasteiger partial charge in [-0.15, -0.1) is 0 Å². The molecule has 2 unspecified atom stereocenters. The molecule has 1 aromatic rings. The maximum absolute atomic E-state index is 6.16. The molecular formula is C17H31N3O. The molecule has 1 aromatic heterocycles. The zero-order valence-corrected chi connectivity index (χ0v) is 14.1. The topological polar surface area (TPSA) is 39.1 Å². The van der Waals surface area contributed by atoms with Crippen LogP contribution in [0.3, 0.4) is 0 Å². The summed E-state index contributed by atoms with van der Waals surface area (Å²) in [6, 6.07) is 2.55. The lowest BCUT2D eigenvalue weighted by molar-refractivity contribution is -0.0162. The number of hydrogen-bond acceptors (Lipinski definition) is 3. The van der Waals surface area contributed by atoms with Crippen LogP contribution in [0.1, 0.15) is 50.4 Å². The molecule has 0 aliphatic heterocycles. The van der Waals surface area contributed by atoms with E-state index in [0.29, 0.717) is 18.1 Å². The lowest BCUT2D eigenvalue weighted by Crippen LogP contribution is -2.46. The Kier molecular flexibility index (Phi) is 6.24. The van der Waals surface area contributed by atoms with Gasteiger partial charge in [0.15, 0.2) is 0 Å². The Morgan fingerprint density at radius 2 is 2.10 bits per heavy atom. The summed E-state index contributed by atoms with van der Waals surface area (Å²) in [7, 11) is 4.09. The molecule has 1 fully saturated rings. The number of ether oxygens (including phenoxy) is 1. The molecule has 1 aliphatic carbocycles. The first-order valence-corrected chi connectivity index (χ1v) is 8.44. The average Bonchev–Trinajstić information content (AvgIpc) is 2.81. The van der Waals surface area contributed by atoms with Crippen molar-refractivity contribution in [2.24, 2.45) is 13.0 Å². The summed E-state index contributed by atoms with van der Waals surface area (Å²) in [5.74, 6) is 0.700. The predicted molar refractivity (Wildman–Crippen MR) is 86.5 cm³/mol. The minimum absolute atomic E-state index is 0.315. The molecule has 0 radical (unpaired) electrons. The van der Waals surface area contributed by atoms with Crippen LogP contribution in [0.2, 0.25) is 0 Å². The van der Waals surface area contributed by atoms with Crippen molar-refractivity contribution in [1.29, 1.82) is 0 Å². The first-order valence-electron chi connectivity index (χ1n) is 8.44. The second kappa shape index (κ2) is 7.95. The summed E-state index contributed by atoms with van der Waals surface area (Å²) < 4.78 is 8.16. The van der Waals surface area contributed by atoms with Crippen LogP contribution < -0.4 is 5.32 Å². The van der Waals surface area contributed by atoms with Gasteiger partial charge in [0, 0.05) is 31.8 Å². The number of rotatable bonds is 7. The smallest absolute Gasteiger partial charge is 0.0759 e. The number of hydrogen-bond donors (Lipinski definition) is 1. The highest BCUT2D eigenvalue weighted by Gasteiger charge is 2.31. The van der Waals surface area contributed by atoms with Crippen LogP contribution in [0.25, 0.3) is 0 Å². The lowest BCUT2D eigenvalue weighted by Gasteiger charge is -2.35. The second-order valence-electron chi connectivity index (χ2n) is 6.32. The van der Waals surface area contributed by atoms with Crippen molar-refractivity contribution < 1.29 is 4.74 Å². The van der Waals surface area contributed by atoms with Crippen LogP contribution in [-0.4, -0.2) is 35.6 Å². The van der Waals surface area contributed by atoms with Gasteiger partial charge in [-0.05, 0) is 45.7 Å². The summed E-state index contributed by atoms with van der Waals surface area (Å²) in [5, 5.41) is 7.97. The van der Waals surface area contributed by atoms with Crippen LogP contribution in [-0.2, 0) is 18.2 Å². The van der Waals surface area contributed by atoms with Crippen LogP contribution in [0.4, 0.5) is 0 Å². The standard InChI is InChI=1S/C17H31N3O/c1-5-21-17(14-9-7-6-8-10-14)16(18-3)12-15-11-13(2)19-20(15)4/h11,14,16-18H,5-10,12H2,1-4H3. The average molecular weight is 293 g/mol. The van der Waals surface area contributed by atoms with Crippen LogP contribution in [0.15, 0.2) is 6.07 Å². The molecule has 120 valence electrons. The minimum Gasteiger partial charge on any atom is -0.377 e. The first-order chi connectivity index (χ1) is 10.2. The van der Waals surface area contributed by atoms with E-state index in [2.05, 4.69) is 37.4 Å². The van der Waals surface area contributed by atoms with Gasteiger partial charge in [0.1, 0.15) is 0 Å². The number of nitrogens with one attached hydrogen (secondary N) is 1. The SMILES string of the molecule is CCOC(C1CCCCC1)C(Cc1cc(C)nn1C)NC.